The van der Waals surface area contributed by atoms with Gasteiger partial charge in [-0.1, -0.05) is 49.4 Å². The van der Waals surface area contributed by atoms with Gasteiger partial charge in [-0.05, 0) is 35.7 Å². The van der Waals surface area contributed by atoms with E-state index < -0.39 is 5.97 Å². The Morgan fingerprint density at radius 3 is 2.25 bits per heavy atom. The molecule has 0 amide bonds. The topological polar surface area (TPSA) is 72.2 Å². The van der Waals surface area contributed by atoms with E-state index in [1.54, 1.807) is 12.1 Å². The summed E-state index contributed by atoms with van der Waals surface area (Å²) in [5, 5.41) is 13.9. The number of rotatable bonds is 4. The Balaban J connectivity index is 1.95. The van der Waals surface area contributed by atoms with E-state index in [2.05, 4.69) is 18.9 Å². The van der Waals surface area contributed by atoms with Gasteiger partial charge in [0.15, 0.2) is 0 Å². The number of carbonyl (C=O) groups is 1. The van der Waals surface area contributed by atoms with Crippen molar-refractivity contribution < 1.29 is 9.90 Å². The molecule has 0 saturated heterocycles. The molecule has 5 nitrogen and oxygen atoms in total. The van der Waals surface area contributed by atoms with Crippen LogP contribution >= 0.6 is 11.3 Å². The van der Waals surface area contributed by atoms with Crippen molar-refractivity contribution in [3.05, 3.63) is 69.3 Å². The molecular weight excluding hydrogens is 324 g/mol. The van der Waals surface area contributed by atoms with Crippen molar-refractivity contribution in [1.29, 1.82) is 0 Å². The van der Waals surface area contributed by atoms with Gasteiger partial charge in [-0.25, -0.2) is 4.79 Å². The van der Waals surface area contributed by atoms with Crippen molar-refractivity contribution in [2.75, 3.05) is 0 Å². The highest BCUT2D eigenvalue weighted by Crippen LogP contribution is 2.23. The molecule has 24 heavy (non-hydrogen) atoms. The molecule has 0 aliphatic rings. The molecule has 1 N–H and O–H groups in total. The Morgan fingerprint density at radius 1 is 1.08 bits per heavy atom. The highest BCUT2D eigenvalue weighted by molar-refractivity contribution is 7.12. The normalized spacial score (nSPS) is 11.0. The van der Waals surface area contributed by atoms with E-state index in [-0.39, 0.29) is 10.4 Å². The van der Waals surface area contributed by atoms with E-state index in [9.17, 15) is 9.59 Å². The van der Waals surface area contributed by atoms with E-state index in [0.29, 0.717) is 16.6 Å². The number of aromatic carboxylic acids is 1. The Hall–Kier alpha value is -2.73. The molecule has 0 radical (unpaired) electrons. The van der Waals surface area contributed by atoms with Crippen LogP contribution in [0.25, 0.3) is 16.3 Å². The smallest absolute Gasteiger partial charge is 0.335 e. The van der Waals surface area contributed by atoms with Gasteiger partial charge in [0.25, 0.3) is 0 Å². The molecular formula is C18H16N2O3S. The van der Waals surface area contributed by atoms with Crippen molar-refractivity contribution in [3.8, 4) is 16.3 Å². The summed E-state index contributed by atoms with van der Waals surface area (Å²) >= 11 is 1.07. The molecule has 0 atom stereocenters. The summed E-state index contributed by atoms with van der Waals surface area (Å²) in [6.45, 7) is 4.26. The number of nitrogens with zero attached hydrogens (tertiary/aromatic N) is 2. The van der Waals surface area contributed by atoms with E-state index in [1.165, 1.54) is 22.4 Å². The molecule has 0 aliphatic carbocycles. The zero-order chi connectivity index (χ0) is 17.3. The van der Waals surface area contributed by atoms with Gasteiger partial charge in [0.2, 0.25) is 0 Å². The molecule has 6 heteroatoms. The lowest BCUT2D eigenvalue weighted by Gasteiger charge is -2.05. The number of aromatic nitrogens is 2. The second-order valence-corrected chi connectivity index (χ2v) is 6.65. The average Bonchev–Trinajstić information content (AvgIpc) is 2.97. The van der Waals surface area contributed by atoms with Gasteiger partial charge < -0.3 is 5.11 Å². The summed E-state index contributed by atoms with van der Waals surface area (Å²) in [6, 6.07) is 14.1. The fourth-order valence-corrected chi connectivity index (χ4v) is 3.09. The number of benzene rings is 2. The van der Waals surface area contributed by atoms with Crippen molar-refractivity contribution in [2.45, 2.75) is 19.8 Å². The molecule has 0 unspecified atom stereocenters. The lowest BCUT2D eigenvalue weighted by atomic mass is 10.0. The molecule has 2 aromatic carbocycles. The number of hydrogen-bond donors (Lipinski definition) is 1. The van der Waals surface area contributed by atoms with Crippen LogP contribution in [-0.4, -0.2) is 20.9 Å². The largest absolute Gasteiger partial charge is 0.478 e. The number of carboxylic acids is 1. The predicted molar refractivity (Wildman–Crippen MR) is 94.2 cm³/mol. The van der Waals surface area contributed by atoms with Gasteiger partial charge in [0.1, 0.15) is 5.01 Å². The maximum Gasteiger partial charge on any atom is 0.335 e. The third kappa shape index (κ3) is 3.14. The van der Waals surface area contributed by atoms with Gasteiger partial charge in [-0.15, -0.1) is 0 Å². The molecule has 1 heterocycles. The molecule has 0 saturated carbocycles. The molecule has 0 fully saturated rings. The van der Waals surface area contributed by atoms with Gasteiger partial charge in [0.05, 0.1) is 11.3 Å². The number of hydrogen-bond acceptors (Lipinski definition) is 4. The molecule has 3 rings (SSSR count). The number of carboxylic acid groups (broad SMARTS) is 1. The SMILES string of the molecule is CC(C)c1ccc(-c2nn(-c3ccc(C(=O)O)cc3)c(=O)s2)cc1. The van der Waals surface area contributed by atoms with Crippen LogP contribution in [0.3, 0.4) is 0 Å². The molecule has 0 bridgehead atoms. The minimum absolute atomic E-state index is 0.173. The van der Waals surface area contributed by atoms with Gasteiger partial charge in [-0.2, -0.15) is 9.78 Å². The summed E-state index contributed by atoms with van der Waals surface area (Å²) in [4.78, 5) is 22.9. The van der Waals surface area contributed by atoms with Crippen LogP contribution in [0.2, 0.25) is 0 Å². The van der Waals surface area contributed by atoms with Crippen LogP contribution in [0.5, 0.6) is 0 Å². The molecule has 1 aromatic heterocycles. The van der Waals surface area contributed by atoms with Gasteiger partial charge in [-0.3, -0.25) is 4.79 Å². The van der Waals surface area contributed by atoms with Crippen molar-refractivity contribution in [2.24, 2.45) is 0 Å². The maximum absolute atomic E-state index is 12.2. The molecule has 3 aromatic rings. The van der Waals surface area contributed by atoms with E-state index in [1.807, 2.05) is 24.3 Å². The molecule has 122 valence electrons. The fourth-order valence-electron chi connectivity index (χ4n) is 2.31. The summed E-state index contributed by atoms with van der Waals surface area (Å²) in [6.07, 6.45) is 0. The first-order valence-corrected chi connectivity index (χ1v) is 8.31. The minimum atomic E-state index is -1.00. The summed E-state index contributed by atoms with van der Waals surface area (Å²) in [7, 11) is 0. The maximum atomic E-state index is 12.2. The highest BCUT2D eigenvalue weighted by Gasteiger charge is 2.11. The van der Waals surface area contributed by atoms with Crippen LogP contribution in [0.1, 0.15) is 35.7 Å². The Kier molecular flexibility index (Phi) is 4.31. The highest BCUT2D eigenvalue weighted by atomic mass is 32.1. The monoisotopic (exact) mass is 340 g/mol. The minimum Gasteiger partial charge on any atom is -0.478 e. The average molecular weight is 340 g/mol. The fraction of sp³-hybridized carbons (Fsp3) is 0.167. The van der Waals surface area contributed by atoms with Crippen molar-refractivity contribution in [1.82, 2.24) is 9.78 Å². The van der Waals surface area contributed by atoms with Crippen LogP contribution in [0, 0.1) is 0 Å². The second-order valence-electron chi connectivity index (χ2n) is 5.71. The standard InChI is InChI=1S/C18H16N2O3S/c1-11(2)12-3-5-13(6-4-12)16-19-20(18(23)24-16)15-9-7-14(8-10-15)17(21)22/h3-11H,1-2H3,(H,21,22). The summed E-state index contributed by atoms with van der Waals surface area (Å²) < 4.78 is 1.29. The summed E-state index contributed by atoms with van der Waals surface area (Å²) in [5.41, 5.74) is 2.84. The molecule has 0 spiro atoms. The third-order valence-electron chi connectivity index (χ3n) is 3.73. The zero-order valence-corrected chi connectivity index (χ0v) is 14.1. The van der Waals surface area contributed by atoms with Crippen molar-refractivity contribution >= 4 is 17.3 Å². The van der Waals surface area contributed by atoms with Crippen LogP contribution in [0.15, 0.2) is 53.3 Å². The Morgan fingerprint density at radius 2 is 1.71 bits per heavy atom. The molecule has 0 aliphatic heterocycles. The Bertz CT molecular complexity index is 922. The van der Waals surface area contributed by atoms with Crippen LogP contribution in [0.4, 0.5) is 0 Å². The van der Waals surface area contributed by atoms with Crippen LogP contribution in [-0.2, 0) is 0 Å². The second kappa shape index (κ2) is 6.41. The van der Waals surface area contributed by atoms with E-state index in [0.717, 1.165) is 16.9 Å². The third-order valence-corrected chi connectivity index (χ3v) is 4.59. The first-order valence-electron chi connectivity index (χ1n) is 7.50. The Labute approximate surface area is 142 Å². The first-order chi connectivity index (χ1) is 11.5. The van der Waals surface area contributed by atoms with Gasteiger partial charge in [0, 0.05) is 5.56 Å². The first kappa shape index (κ1) is 16.1. The van der Waals surface area contributed by atoms with Crippen LogP contribution < -0.4 is 4.87 Å². The van der Waals surface area contributed by atoms with Crippen molar-refractivity contribution in [3.63, 3.8) is 0 Å². The lowest BCUT2D eigenvalue weighted by Crippen LogP contribution is -2.12. The quantitative estimate of drug-likeness (QED) is 0.784. The summed E-state index contributed by atoms with van der Waals surface area (Å²) in [5.74, 6) is -0.554. The van der Waals surface area contributed by atoms with E-state index in [4.69, 9.17) is 5.11 Å². The predicted octanol–water partition coefficient (Wildman–Crippen LogP) is 3.78. The lowest BCUT2D eigenvalue weighted by molar-refractivity contribution is 0.0697. The zero-order valence-electron chi connectivity index (χ0n) is 13.3. The van der Waals surface area contributed by atoms with Gasteiger partial charge >= 0.3 is 10.8 Å². The van der Waals surface area contributed by atoms with E-state index >= 15 is 0 Å².